The maximum Gasteiger partial charge on any atom is 0.195 e. The van der Waals surface area contributed by atoms with E-state index in [9.17, 15) is 0 Å². The highest BCUT2D eigenvalue weighted by Crippen LogP contribution is 2.32. The third-order valence-electron chi connectivity index (χ3n) is 5.60. The minimum Gasteiger partial charge on any atom is -0.490 e. The SMILES string of the molecule is CN1CCC(CN=C(NCCc2cccc(Cl)c2)Nc2ccc3c(c2)OCCCO3)C1.I. The van der Waals surface area contributed by atoms with Crippen LogP contribution in [0.1, 0.15) is 18.4 Å². The lowest BCUT2D eigenvalue weighted by molar-refractivity contribution is 0.297. The van der Waals surface area contributed by atoms with Gasteiger partial charge in [0, 0.05) is 42.8 Å². The smallest absolute Gasteiger partial charge is 0.195 e. The number of benzene rings is 2. The molecule has 0 bridgehead atoms. The number of rotatable bonds is 6. The van der Waals surface area contributed by atoms with E-state index in [-0.39, 0.29) is 24.0 Å². The number of anilines is 1. The second kappa shape index (κ2) is 12.5. The molecular formula is C24H32ClIN4O2. The largest absolute Gasteiger partial charge is 0.490 e. The van der Waals surface area contributed by atoms with Gasteiger partial charge in [-0.1, -0.05) is 23.7 Å². The second-order valence-corrected chi connectivity index (χ2v) is 8.69. The number of halogens is 2. The fourth-order valence-electron chi connectivity index (χ4n) is 3.93. The van der Waals surface area contributed by atoms with Gasteiger partial charge in [-0.3, -0.25) is 4.99 Å². The highest BCUT2D eigenvalue weighted by Gasteiger charge is 2.19. The Labute approximate surface area is 212 Å². The van der Waals surface area contributed by atoms with Gasteiger partial charge < -0.3 is 25.0 Å². The Bertz CT molecular complexity index is 911. The zero-order valence-electron chi connectivity index (χ0n) is 18.5. The lowest BCUT2D eigenvalue weighted by atomic mass is 10.1. The van der Waals surface area contributed by atoms with Crippen LogP contribution in [0.5, 0.6) is 11.5 Å². The molecule has 0 spiro atoms. The fourth-order valence-corrected chi connectivity index (χ4v) is 4.14. The van der Waals surface area contributed by atoms with Crippen molar-refractivity contribution < 1.29 is 9.47 Å². The summed E-state index contributed by atoms with van der Waals surface area (Å²) in [6, 6.07) is 13.9. The van der Waals surface area contributed by atoms with Crippen LogP contribution in [0.4, 0.5) is 5.69 Å². The quantitative estimate of drug-likeness (QED) is 0.300. The minimum atomic E-state index is 0. The summed E-state index contributed by atoms with van der Waals surface area (Å²) in [7, 11) is 2.17. The predicted molar refractivity (Wildman–Crippen MR) is 142 cm³/mol. The van der Waals surface area contributed by atoms with Gasteiger partial charge in [-0.15, -0.1) is 24.0 Å². The monoisotopic (exact) mass is 570 g/mol. The molecule has 4 rings (SSSR count). The molecule has 1 unspecified atom stereocenters. The molecule has 0 aromatic heterocycles. The van der Waals surface area contributed by atoms with Crippen LogP contribution in [0.3, 0.4) is 0 Å². The molecule has 1 atom stereocenters. The molecular weight excluding hydrogens is 539 g/mol. The number of nitrogens with one attached hydrogen (secondary N) is 2. The van der Waals surface area contributed by atoms with Crippen molar-refractivity contribution in [2.45, 2.75) is 19.3 Å². The zero-order chi connectivity index (χ0) is 21.5. The summed E-state index contributed by atoms with van der Waals surface area (Å²) in [6.07, 6.45) is 2.96. The molecule has 0 amide bonds. The molecule has 1 fully saturated rings. The zero-order valence-corrected chi connectivity index (χ0v) is 21.6. The van der Waals surface area contributed by atoms with Crippen LogP contribution in [0.2, 0.25) is 5.02 Å². The molecule has 174 valence electrons. The molecule has 2 aromatic rings. The minimum absolute atomic E-state index is 0. The van der Waals surface area contributed by atoms with Crippen molar-refractivity contribution in [3.05, 3.63) is 53.1 Å². The first kappa shape index (κ1) is 24.9. The Hall–Kier alpha value is -1.71. The molecule has 2 aliphatic heterocycles. The summed E-state index contributed by atoms with van der Waals surface area (Å²) in [5.41, 5.74) is 2.13. The van der Waals surface area contributed by atoms with Gasteiger partial charge in [0.1, 0.15) is 0 Å². The van der Waals surface area contributed by atoms with Crippen molar-refractivity contribution in [3.63, 3.8) is 0 Å². The molecule has 2 N–H and O–H groups in total. The Morgan fingerprint density at radius 2 is 2.00 bits per heavy atom. The highest BCUT2D eigenvalue weighted by molar-refractivity contribution is 14.0. The number of guanidine groups is 1. The standard InChI is InChI=1S/C24H31ClN4O2.HI/c1-29-11-9-19(17-29)16-27-24(26-10-8-18-4-2-5-20(25)14-18)28-21-6-7-22-23(15-21)31-13-3-12-30-22;/h2,4-7,14-15,19H,3,8-13,16-17H2,1H3,(H2,26,27,28);1H. The first-order chi connectivity index (χ1) is 15.2. The van der Waals surface area contributed by atoms with Crippen LogP contribution >= 0.6 is 35.6 Å². The number of fused-ring (bicyclic) bond motifs is 1. The molecule has 0 radical (unpaired) electrons. The summed E-state index contributed by atoms with van der Waals surface area (Å²) in [5.74, 6) is 2.95. The first-order valence-electron chi connectivity index (χ1n) is 11.0. The molecule has 0 aliphatic carbocycles. The van der Waals surface area contributed by atoms with Crippen molar-refractivity contribution in [2.75, 3.05) is 51.8 Å². The summed E-state index contributed by atoms with van der Waals surface area (Å²) >= 11 is 6.11. The molecule has 2 aliphatic rings. The van der Waals surface area contributed by atoms with E-state index < -0.39 is 0 Å². The number of likely N-dealkylation sites (tertiary alicyclic amines) is 1. The Morgan fingerprint density at radius 3 is 2.78 bits per heavy atom. The number of ether oxygens (including phenoxy) is 2. The van der Waals surface area contributed by atoms with E-state index in [4.69, 9.17) is 26.1 Å². The van der Waals surface area contributed by atoms with Crippen LogP contribution in [-0.4, -0.2) is 57.3 Å². The number of aliphatic imine (C=N–C) groups is 1. The first-order valence-corrected chi connectivity index (χ1v) is 11.4. The number of hydrogen-bond acceptors (Lipinski definition) is 4. The Balaban J connectivity index is 0.00000289. The van der Waals surface area contributed by atoms with Crippen LogP contribution in [0.15, 0.2) is 47.5 Å². The molecule has 32 heavy (non-hydrogen) atoms. The van der Waals surface area contributed by atoms with Gasteiger partial charge in [0.15, 0.2) is 17.5 Å². The maximum absolute atomic E-state index is 6.11. The number of hydrogen-bond donors (Lipinski definition) is 2. The van der Waals surface area contributed by atoms with Crippen molar-refractivity contribution >= 4 is 47.2 Å². The van der Waals surface area contributed by atoms with Crippen molar-refractivity contribution in [1.29, 1.82) is 0 Å². The lowest BCUT2D eigenvalue weighted by Gasteiger charge is -2.16. The molecule has 2 aromatic carbocycles. The van der Waals surface area contributed by atoms with Crippen LogP contribution in [0, 0.1) is 5.92 Å². The maximum atomic E-state index is 6.11. The van der Waals surface area contributed by atoms with Gasteiger partial charge >= 0.3 is 0 Å². The van der Waals surface area contributed by atoms with Crippen LogP contribution in [-0.2, 0) is 6.42 Å². The van der Waals surface area contributed by atoms with Gasteiger partial charge in [0.05, 0.1) is 13.2 Å². The average Bonchev–Trinajstić information content (AvgIpc) is 3.03. The van der Waals surface area contributed by atoms with Gasteiger partial charge in [-0.2, -0.15) is 0 Å². The van der Waals surface area contributed by atoms with Crippen LogP contribution in [0.25, 0.3) is 0 Å². The average molecular weight is 571 g/mol. The van der Waals surface area contributed by atoms with Crippen LogP contribution < -0.4 is 20.1 Å². The molecule has 0 saturated carbocycles. The van der Waals surface area contributed by atoms with Crippen molar-refractivity contribution in [2.24, 2.45) is 10.9 Å². The third kappa shape index (κ3) is 7.42. The van der Waals surface area contributed by atoms with Gasteiger partial charge in [-0.25, -0.2) is 0 Å². The Morgan fingerprint density at radius 1 is 1.16 bits per heavy atom. The molecule has 1 saturated heterocycles. The molecule has 8 heteroatoms. The summed E-state index contributed by atoms with van der Waals surface area (Å²) < 4.78 is 11.6. The van der Waals surface area contributed by atoms with E-state index >= 15 is 0 Å². The van der Waals surface area contributed by atoms with E-state index in [1.54, 1.807) is 0 Å². The third-order valence-corrected chi connectivity index (χ3v) is 5.84. The molecule has 2 heterocycles. The summed E-state index contributed by atoms with van der Waals surface area (Å²) in [5, 5.41) is 7.69. The fraction of sp³-hybridized carbons (Fsp3) is 0.458. The highest BCUT2D eigenvalue weighted by atomic mass is 127. The normalized spacial score (nSPS) is 18.6. The summed E-state index contributed by atoms with van der Waals surface area (Å²) in [4.78, 5) is 7.25. The van der Waals surface area contributed by atoms with Gasteiger partial charge in [-0.05, 0) is 62.2 Å². The topological polar surface area (TPSA) is 58.1 Å². The van der Waals surface area contributed by atoms with E-state index in [1.165, 1.54) is 12.0 Å². The summed E-state index contributed by atoms with van der Waals surface area (Å²) in [6.45, 7) is 5.18. The van der Waals surface area contributed by atoms with Gasteiger partial charge in [0.25, 0.3) is 0 Å². The number of nitrogens with zero attached hydrogens (tertiary/aromatic N) is 2. The molecule has 6 nitrogen and oxygen atoms in total. The predicted octanol–water partition coefficient (Wildman–Crippen LogP) is 4.67. The lowest BCUT2D eigenvalue weighted by Crippen LogP contribution is -2.33. The second-order valence-electron chi connectivity index (χ2n) is 8.25. The van der Waals surface area contributed by atoms with E-state index in [2.05, 4.69) is 28.6 Å². The Kier molecular flexibility index (Phi) is 9.74. The van der Waals surface area contributed by atoms with Crippen molar-refractivity contribution in [1.82, 2.24) is 10.2 Å². The van der Waals surface area contributed by atoms with E-state index in [0.717, 1.165) is 67.2 Å². The van der Waals surface area contributed by atoms with E-state index in [1.807, 2.05) is 36.4 Å². The van der Waals surface area contributed by atoms with Gasteiger partial charge in [0.2, 0.25) is 0 Å². The van der Waals surface area contributed by atoms with Crippen molar-refractivity contribution in [3.8, 4) is 11.5 Å². The van der Waals surface area contributed by atoms with E-state index in [0.29, 0.717) is 19.1 Å².